The number of amides is 1. The summed E-state index contributed by atoms with van der Waals surface area (Å²) in [6.45, 7) is 2.23. The van der Waals surface area contributed by atoms with Gasteiger partial charge in [0.05, 0.1) is 12.2 Å². The van der Waals surface area contributed by atoms with E-state index in [2.05, 4.69) is 10.4 Å². The van der Waals surface area contributed by atoms with E-state index < -0.39 is 12.2 Å². The molecule has 7 nitrogen and oxygen atoms in total. The first kappa shape index (κ1) is 20.0. The number of carbonyl (C=O) groups excluding carboxylic acids is 1. The SMILES string of the molecule is CC1Oc2ccccc2OC1C(=O)NCCn1nc(-c2ccc(Cl)cc2)ccc1=O. The van der Waals surface area contributed by atoms with Crippen LogP contribution in [0.2, 0.25) is 5.02 Å². The molecule has 30 heavy (non-hydrogen) atoms. The van der Waals surface area contributed by atoms with Crippen LogP contribution in [-0.2, 0) is 11.3 Å². The first-order valence-corrected chi connectivity index (χ1v) is 9.93. The Labute approximate surface area is 178 Å². The van der Waals surface area contributed by atoms with Crippen molar-refractivity contribution in [1.29, 1.82) is 0 Å². The average Bonchev–Trinajstić information content (AvgIpc) is 2.75. The molecule has 0 aliphatic carbocycles. The van der Waals surface area contributed by atoms with E-state index in [1.807, 2.05) is 24.3 Å². The van der Waals surface area contributed by atoms with Crippen LogP contribution in [0.15, 0.2) is 65.5 Å². The number of halogens is 1. The lowest BCUT2D eigenvalue weighted by Crippen LogP contribution is -2.49. The van der Waals surface area contributed by atoms with Crippen molar-refractivity contribution < 1.29 is 14.3 Å². The van der Waals surface area contributed by atoms with Gasteiger partial charge in [-0.1, -0.05) is 35.9 Å². The van der Waals surface area contributed by atoms with Crippen molar-refractivity contribution in [3.63, 3.8) is 0 Å². The number of benzene rings is 2. The van der Waals surface area contributed by atoms with Crippen molar-refractivity contribution in [2.45, 2.75) is 25.7 Å². The molecule has 2 atom stereocenters. The van der Waals surface area contributed by atoms with E-state index in [4.69, 9.17) is 21.1 Å². The standard InChI is InChI=1S/C22H20ClN3O4/c1-14-21(30-19-5-3-2-4-18(19)29-14)22(28)24-12-13-26-20(27)11-10-17(25-26)15-6-8-16(23)9-7-15/h2-11,14,21H,12-13H2,1H3,(H,24,28). The molecule has 1 aromatic heterocycles. The molecule has 0 saturated heterocycles. The van der Waals surface area contributed by atoms with Crippen LogP contribution in [0.4, 0.5) is 0 Å². The minimum absolute atomic E-state index is 0.226. The highest BCUT2D eigenvalue weighted by Crippen LogP contribution is 2.33. The Hall–Kier alpha value is -3.32. The molecule has 1 aliphatic rings. The number of ether oxygens (including phenoxy) is 2. The van der Waals surface area contributed by atoms with Crippen molar-refractivity contribution in [1.82, 2.24) is 15.1 Å². The van der Waals surface area contributed by atoms with Crippen molar-refractivity contribution in [2.24, 2.45) is 0 Å². The van der Waals surface area contributed by atoms with Gasteiger partial charge in [-0.3, -0.25) is 9.59 Å². The molecule has 2 aromatic carbocycles. The maximum atomic E-state index is 12.6. The van der Waals surface area contributed by atoms with Gasteiger partial charge in [-0.05, 0) is 37.3 Å². The van der Waals surface area contributed by atoms with Crippen LogP contribution >= 0.6 is 11.6 Å². The summed E-state index contributed by atoms with van der Waals surface area (Å²) < 4.78 is 12.9. The molecule has 0 spiro atoms. The lowest BCUT2D eigenvalue weighted by atomic mass is 10.1. The van der Waals surface area contributed by atoms with Crippen LogP contribution in [0.1, 0.15) is 6.92 Å². The molecule has 0 fully saturated rings. The number of nitrogens with one attached hydrogen (secondary N) is 1. The second-order valence-corrected chi connectivity index (χ2v) is 7.32. The molecule has 4 rings (SSSR count). The van der Waals surface area contributed by atoms with Gasteiger partial charge >= 0.3 is 0 Å². The van der Waals surface area contributed by atoms with Crippen LogP contribution in [0.5, 0.6) is 11.5 Å². The molecule has 0 radical (unpaired) electrons. The first-order valence-electron chi connectivity index (χ1n) is 9.55. The summed E-state index contributed by atoms with van der Waals surface area (Å²) in [6.07, 6.45) is -1.21. The highest BCUT2D eigenvalue weighted by Gasteiger charge is 2.33. The number of nitrogens with zero attached hydrogens (tertiary/aromatic N) is 2. The van der Waals surface area contributed by atoms with Gasteiger partial charge in [0.25, 0.3) is 11.5 Å². The van der Waals surface area contributed by atoms with Crippen LogP contribution in [0.25, 0.3) is 11.3 Å². The van der Waals surface area contributed by atoms with Gasteiger partial charge in [0.2, 0.25) is 6.10 Å². The molecule has 3 aromatic rings. The van der Waals surface area contributed by atoms with Gasteiger partial charge in [0.15, 0.2) is 11.5 Å². The van der Waals surface area contributed by atoms with Gasteiger partial charge in [0, 0.05) is 23.2 Å². The highest BCUT2D eigenvalue weighted by molar-refractivity contribution is 6.30. The molecule has 1 amide bonds. The lowest BCUT2D eigenvalue weighted by molar-refractivity contribution is -0.133. The fourth-order valence-electron chi connectivity index (χ4n) is 3.18. The molecule has 1 aliphatic heterocycles. The van der Waals surface area contributed by atoms with Crippen LogP contribution in [-0.4, -0.2) is 34.4 Å². The Kier molecular flexibility index (Phi) is 5.72. The van der Waals surface area contributed by atoms with E-state index in [9.17, 15) is 9.59 Å². The van der Waals surface area contributed by atoms with Crippen molar-refractivity contribution in [3.05, 3.63) is 76.0 Å². The average molecular weight is 426 g/mol. The Bertz CT molecular complexity index is 1110. The summed E-state index contributed by atoms with van der Waals surface area (Å²) in [5.74, 6) is 0.840. The van der Waals surface area contributed by atoms with Gasteiger partial charge in [0.1, 0.15) is 6.10 Å². The van der Waals surface area contributed by atoms with E-state index in [-0.39, 0.29) is 24.6 Å². The number of fused-ring (bicyclic) bond motifs is 1. The van der Waals surface area contributed by atoms with Gasteiger partial charge in [-0.15, -0.1) is 0 Å². The van der Waals surface area contributed by atoms with E-state index in [0.717, 1.165) is 5.56 Å². The van der Waals surface area contributed by atoms with Crippen LogP contribution < -0.4 is 20.3 Å². The Morgan fingerprint density at radius 3 is 2.50 bits per heavy atom. The Morgan fingerprint density at radius 2 is 1.77 bits per heavy atom. The first-order chi connectivity index (χ1) is 14.5. The number of hydrogen-bond acceptors (Lipinski definition) is 5. The van der Waals surface area contributed by atoms with Crippen molar-refractivity contribution >= 4 is 17.5 Å². The zero-order valence-electron chi connectivity index (χ0n) is 16.2. The molecular weight excluding hydrogens is 406 g/mol. The fourth-order valence-corrected chi connectivity index (χ4v) is 3.30. The van der Waals surface area contributed by atoms with E-state index >= 15 is 0 Å². The molecule has 2 unspecified atom stereocenters. The van der Waals surface area contributed by atoms with Crippen molar-refractivity contribution in [2.75, 3.05) is 6.54 Å². The minimum atomic E-state index is -0.773. The van der Waals surface area contributed by atoms with Gasteiger partial charge in [-0.2, -0.15) is 5.10 Å². The molecule has 1 N–H and O–H groups in total. The summed E-state index contributed by atoms with van der Waals surface area (Å²) in [6, 6.07) is 17.5. The maximum absolute atomic E-state index is 12.6. The molecule has 2 heterocycles. The number of aromatic nitrogens is 2. The van der Waals surface area contributed by atoms with E-state index in [1.54, 1.807) is 37.3 Å². The summed E-state index contributed by atoms with van der Waals surface area (Å²) in [5.41, 5.74) is 1.24. The predicted molar refractivity (Wildman–Crippen MR) is 113 cm³/mol. The monoisotopic (exact) mass is 425 g/mol. The van der Waals surface area contributed by atoms with Crippen LogP contribution in [0, 0.1) is 0 Å². The topological polar surface area (TPSA) is 82.4 Å². The van der Waals surface area contributed by atoms with Gasteiger partial charge in [-0.25, -0.2) is 4.68 Å². The lowest BCUT2D eigenvalue weighted by Gasteiger charge is -2.31. The zero-order valence-corrected chi connectivity index (χ0v) is 17.0. The third kappa shape index (κ3) is 4.31. The summed E-state index contributed by atoms with van der Waals surface area (Å²) in [7, 11) is 0. The zero-order chi connectivity index (χ0) is 21.1. The van der Waals surface area contributed by atoms with Crippen LogP contribution in [0.3, 0.4) is 0 Å². The van der Waals surface area contributed by atoms with E-state index in [0.29, 0.717) is 22.2 Å². The molecular formula is C22H20ClN3O4. The Morgan fingerprint density at radius 1 is 1.07 bits per heavy atom. The number of rotatable bonds is 5. The largest absolute Gasteiger partial charge is 0.482 e. The van der Waals surface area contributed by atoms with Gasteiger partial charge < -0.3 is 14.8 Å². The summed E-state index contributed by atoms with van der Waals surface area (Å²) in [5, 5.41) is 7.80. The molecule has 8 heteroatoms. The third-order valence-electron chi connectivity index (χ3n) is 4.73. The second-order valence-electron chi connectivity index (χ2n) is 6.89. The number of para-hydroxylation sites is 2. The highest BCUT2D eigenvalue weighted by atomic mass is 35.5. The smallest absolute Gasteiger partial charge is 0.266 e. The maximum Gasteiger partial charge on any atom is 0.266 e. The summed E-state index contributed by atoms with van der Waals surface area (Å²) in [4.78, 5) is 24.7. The second kappa shape index (κ2) is 8.59. The van der Waals surface area contributed by atoms with E-state index in [1.165, 1.54) is 10.7 Å². The fraction of sp³-hybridized carbons (Fsp3) is 0.227. The predicted octanol–water partition coefficient (Wildman–Crippen LogP) is 2.91. The Balaban J connectivity index is 1.39. The number of carbonyl (C=O) groups is 1. The molecule has 0 saturated carbocycles. The third-order valence-corrected chi connectivity index (χ3v) is 4.98. The quantitative estimate of drug-likeness (QED) is 0.679. The number of hydrogen-bond donors (Lipinski definition) is 1. The summed E-state index contributed by atoms with van der Waals surface area (Å²) >= 11 is 5.92. The molecule has 154 valence electrons. The normalized spacial score (nSPS) is 17.4. The van der Waals surface area contributed by atoms with Crippen molar-refractivity contribution in [3.8, 4) is 22.8 Å². The molecule has 0 bridgehead atoms. The minimum Gasteiger partial charge on any atom is -0.482 e.